The van der Waals surface area contributed by atoms with Crippen molar-refractivity contribution in [3.05, 3.63) is 35.6 Å². The van der Waals surface area contributed by atoms with E-state index >= 15 is 0 Å². The standard InChI is InChI=1S/C15H19FN2O/c1-18-9-12(11-5-2-3-6-13(11)16)15(10-18)8-4-7-14(19)17-15/h2-3,5-6,12H,4,7-10H2,1H3,(H,17,19)/t12-,15+/m0/s1. The maximum Gasteiger partial charge on any atom is 0.220 e. The second kappa shape index (κ2) is 4.60. The van der Waals surface area contributed by atoms with Crippen LogP contribution in [0.5, 0.6) is 0 Å². The Bertz CT molecular complexity index is 505. The molecular formula is C15H19FN2O. The summed E-state index contributed by atoms with van der Waals surface area (Å²) < 4.78 is 14.1. The first-order chi connectivity index (χ1) is 9.11. The predicted molar refractivity (Wildman–Crippen MR) is 71.4 cm³/mol. The summed E-state index contributed by atoms with van der Waals surface area (Å²) in [7, 11) is 2.03. The zero-order valence-electron chi connectivity index (χ0n) is 11.2. The first-order valence-corrected chi connectivity index (χ1v) is 6.85. The average Bonchev–Trinajstić information content (AvgIpc) is 2.66. The molecular weight excluding hydrogens is 243 g/mol. The Hall–Kier alpha value is -1.42. The minimum atomic E-state index is -0.285. The summed E-state index contributed by atoms with van der Waals surface area (Å²) >= 11 is 0. The summed E-state index contributed by atoms with van der Waals surface area (Å²) in [5.74, 6) is -0.0205. The van der Waals surface area contributed by atoms with Gasteiger partial charge in [0, 0.05) is 25.4 Å². The highest BCUT2D eigenvalue weighted by molar-refractivity contribution is 5.78. The first-order valence-electron chi connectivity index (χ1n) is 6.85. The molecule has 2 saturated heterocycles. The van der Waals surface area contributed by atoms with Crippen LogP contribution < -0.4 is 5.32 Å². The molecule has 2 aliphatic heterocycles. The van der Waals surface area contributed by atoms with Gasteiger partial charge in [0.25, 0.3) is 0 Å². The highest BCUT2D eigenvalue weighted by Gasteiger charge is 2.48. The zero-order chi connectivity index (χ0) is 13.5. The molecule has 1 aromatic carbocycles. The van der Waals surface area contributed by atoms with E-state index in [0.29, 0.717) is 6.42 Å². The second-order valence-electron chi connectivity index (χ2n) is 5.83. The van der Waals surface area contributed by atoms with Gasteiger partial charge in [0.15, 0.2) is 0 Å². The van der Waals surface area contributed by atoms with E-state index in [1.165, 1.54) is 6.07 Å². The van der Waals surface area contributed by atoms with Crippen molar-refractivity contribution in [2.75, 3.05) is 20.1 Å². The van der Waals surface area contributed by atoms with Gasteiger partial charge in [-0.15, -0.1) is 0 Å². The van der Waals surface area contributed by atoms with E-state index in [-0.39, 0.29) is 23.2 Å². The number of carbonyl (C=O) groups is 1. The van der Waals surface area contributed by atoms with Gasteiger partial charge in [0.05, 0.1) is 5.54 Å². The summed E-state index contributed by atoms with van der Waals surface area (Å²) in [4.78, 5) is 14.0. The summed E-state index contributed by atoms with van der Waals surface area (Å²) in [6, 6.07) is 6.94. The molecule has 19 heavy (non-hydrogen) atoms. The Morgan fingerprint density at radius 1 is 1.42 bits per heavy atom. The highest BCUT2D eigenvalue weighted by Crippen LogP contribution is 2.41. The highest BCUT2D eigenvalue weighted by atomic mass is 19.1. The van der Waals surface area contributed by atoms with Crippen LogP contribution in [0, 0.1) is 5.82 Å². The van der Waals surface area contributed by atoms with E-state index in [4.69, 9.17) is 0 Å². The molecule has 0 saturated carbocycles. The molecule has 0 unspecified atom stereocenters. The largest absolute Gasteiger partial charge is 0.349 e. The maximum atomic E-state index is 14.1. The Labute approximate surface area is 112 Å². The van der Waals surface area contributed by atoms with Crippen molar-refractivity contribution >= 4 is 5.91 Å². The Kier molecular flexibility index (Phi) is 3.05. The lowest BCUT2D eigenvalue weighted by molar-refractivity contribution is -0.125. The van der Waals surface area contributed by atoms with E-state index < -0.39 is 0 Å². The Balaban J connectivity index is 1.99. The van der Waals surface area contributed by atoms with Gasteiger partial charge in [0.2, 0.25) is 5.91 Å². The monoisotopic (exact) mass is 262 g/mol. The number of piperidine rings is 1. The number of likely N-dealkylation sites (tertiary alicyclic amines) is 1. The van der Waals surface area contributed by atoms with E-state index in [2.05, 4.69) is 10.2 Å². The van der Waals surface area contributed by atoms with Crippen molar-refractivity contribution in [3.8, 4) is 0 Å². The van der Waals surface area contributed by atoms with Gasteiger partial charge in [0.1, 0.15) is 5.82 Å². The van der Waals surface area contributed by atoms with Crippen molar-refractivity contribution in [2.45, 2.75) is 30.7 Å². The van der Waals surface area contributed by atoms with Gasteiger partial charge in [-0.2, -0.15) is 0 Å². The molecule has 0 bridgehead atoms. The van der Waals surface area contributed by atoms with Crippen LogP contribution >= 0.6 is 0 Å². The molecule has 0 aromatic heterocycles. The number of hydrogen-bond donors (Lipinski definition) is 1. The minimum Gasteiger partial charge on any atom is -0.349 e. The van der Waals surface area contributed by atoms with E-state index in [1.807, 2.05) is 19.2 Å². The molecule has 3 nitrogen and oxygen atoms in total. The van der Waals surface area contributed by atoms with Crippen LogP contribution in [-0.2, 0) is 4.79 Å². The number of amides is 1. The molecule has 4 heteroatoms. The van der Waals surface area contributed by atoms with Gasteiger partial charge >= 0.3 is 0 Å². The first kappa shape index (κ1) is 12.6. The number of carbonyl (C=O) groups excluding carboxylic acids is 1. The lowest BCUT2D eigenvalue weighted by Crippen LogP contribution is -2.56. The molecule has 2 heterocycles. The Morgan fingerprint density at radius 3 is 2.95 bits per heavy atom. The molecule has 3 rings (SSSR count). The predicted octanol–water partition coefficient (Wildman–Crippen LogP) is 1.89. The second-order valence-corrected chi connectivity index (χ2v) is 5.83. The van der Waals surface area contributed by atoms with Crippen molar-refractivity contribution in [2.24, 2.45) is 0 Å². The Morgan fingerprint density at radius 2 is 2.21 bits per heavy atom. The zero-order valence-corrected chi connectivity index (χ0v) is 11.2. The number of nitrogens with zero attached hydrogens (tertiary/aromatic N) is 1. The van der Waals surface area contributed by atoms with Gasteiger partial charge < -0.3 is 10.2 Å². The fourth-order valence-electron chi connectivity index (χ4n) is 3.64. The molecule has 1 N–H and O–H groups in total. The fraction of sp³-hybridized carbons (Fsp3) is 0.533. The third-order valence-electron chi connectivity index (χ3n) is 4.41. The quantitative estimate of drug-likeness (QED) is 0.838. The smallest absolute Gasteiger partial charge is 0.220 e. The SMILES string of the molecule is CN1C[C@@H](c2ccccc2F)[C@@]2(CCCC(=O)N2)C1. The number of rotatable bonds is 1. The van der Waals surface area contributed by atoms with Crippen LogP contribution in [0.3, 0.4) is 0 Å². The minimum absolute atomic E-state index is 0.0444. The van der Waals surface area contributed by atoms with E-state index in [9.17, 15) is 9.18 Å². The number of halogens is 1. The van der Waals surface area contributed by atoms with Gasteiger partial charge in [-0.1, -0.05) is 18.2 Å². The number of benzene rings is 1. The molecule has 0 aliphatic carbocycles. The van der Waals surface area contributed by atoms with Crippen LogP contribution in [0.2, 0.25) is 0 Å². The van der Waals surface area contributed by atoms with Crippen LogP contribution in [0.1, 0.15) is 30.7 Å². The van der Waals surface area contributed by atoms with Crippen molar-refractivity contribution in [1.82, 2.24) is 10.2 Å². The van der Waals surface area contributed by atoms with Crippen molar-refractivity contribution < 1.29 is 9.18 Å². The van der Waals surface area contributed by atoms with Crippen molar-refractivity contribution in [1.29, 1.82) is 0 Å². The number of likely N-dealkylation sites (N-methyl/N-ethyl adjacent to an activating group) is 1. The van der Waals surface area contributed by atoms with E-state index in [0.717, 1.165) is 31.5 Å². The van der Waals surface area contributed by atoms with Crippen LogP contribution in [0.15, 0.2) is 24.3 Å². The normalized spacial score (nSPS) is 31.7. The molecule has 2 aliphatic rings. The lowest BCUT2D eigenvalue weighted by atomic mass is 9.76. The fourth-order valence-corrected chi connectivity index (χ4v) is 3.64. The third-order valence-corrected chi connectivity index (χ3v) is 4.41. The summed E-state index contributed by atoms with van der Waals surface area (Å²) in [6.07, 6.45) is 2.42. The average molecular weight is 262 g/mol. The van der Waals surface area contributed by atoms with Crippen LogP contribution in [-0.4, -0.2) is 36.5 Å². The number of nitrogens with one attached hydrogen (secondary N) is 1. The summed E-state index contributed by atoms with van der Waals surface area (Å²) in [5.41, 5.74) is 0.445. The molecule has 0 radical (unpaired) electrons. The topological polar surface area (TPSA) is 32.3 Å². The van der Waals surface area contributed by atoms with Crippen LogP contribution in [0.25, 0.3) is 0 Å². The molecule has 2 atom stereocenters. The van der Waals surface area contributed by atoms with Crippen molar-refractivity contribution in [3.63, 3.8) is 0 Å². The van der Waals surface area contributed by atoms with Gasteiger partial charge in [-0.25, -0.2) is 4.39 Å². The lowest BCUT2D eigenvalue weighted by Gasteiger charge is -2.39. The molecule has 1 spiro atoms. The number of hydrogen-bond acceptors (Lipinski definition) is 2. The molecule has 1 aromatic rings. The molecule has 1 amide bonds. The molecule has 2 fully saturated rings. The maximum absolute atomic E-state index is 14.1. The summed E-state index contributed by atoms with van der Waals surface area (Å²) in [5, 5.41) is 3.15. The van der Waals surface area contributed by atoms with Gasteiger partial charge in [-0.05, 0) is 31.5 Å². The van der Waals surface area contributed by atoms with Gasteiger partial charge in [-0.3, -0.25) is 4.79 Å². The summed E-state index contributed by atoms with van der Waals surface area (Å²) in [6.45, 7) is 1.60. The molecule has 102 valence electrons. The third kappa shape index (κ3) is 2.14. The van der Waals surface area contributed by atoms with Crippen LogP contribution in [0.4, 0.5) is 4.39 Å². The van der Waals surface area contributed by atoms with E-state index in [1.54, 1.807) is 6.07 Å².